The van der Waals surface area contributed by atoms with E-state index in [0.717, 1.165) is 12.8 Å². The molecule has 0 bridgehead atoms. The quantitative estimate of drug-likeness (QED) is 0.650. The van der Waals surface area contributed by atoms with Gasteiger partial charge in [-0.15, -0.1) is 0 Å². The molecule has 0 unspecified atom stereocenters. The number of piperidine rings is 1. The van der Waals surface area contributed by atoms with E-state index in [1.54, 1.807) is 0 Å². The van der Waals surface area contributed by atoms with Crippen molar-refractivity contribution in [2.45, 2.75) is 32.7 Å². The van der Waals surface area contributed by atoms with Crippen LogP contribution in [0.25, 0.3) is 0 Å². The fraction of sp³-hybridized carbons (Fsp3) is 1.00. The molecule has 1 fully saturated rings. The minimum absolute atomic E-state index is 0.0659. The molecule has 0 spiro atoms. The predicted octanol–water partition coefficient (Wildman–Crippen LogP) is 0.310. The summed E-state index contributed by atoms with van der Waals surface area (Å²) >= 11 is 0. The topological polar surface area (TPSA) is 63.4 Å². The lowest BCUT2D eigenvalue weighted by Crippen LogP contribution is -2.47. The van der Waals surface area contributed by atoms with E-state index in [-0.39, 0.29) is 6.04 Å². The van der Waals surface area contributed by atoms with E-state index in [9.17, 15) is 8.42 Å². The average molecular weight is 192 g/mol. The molecule has 1 heterocycles. The SMILES string of the molecule is C[C@@H]1CC[C@@H](C)N(S(N)(=O)=O)C1. The third kappa shape index (κ3) is 2.18. The molecule has 0 aromatic heterocycles. The Morgan fingerprint density at radius 3 is 2.33 bits per heavy atom. The van der Waals surface area contributed by atoms with Gasteiger partial charge in [0.2, 0.25) is 0 Å². The van der Waals surface area contributed by atoms with Crippen molar-refractivity contribution in [1.29, 1.82) is 0 Å². The maximum absolute atomic E-state index is 11.0. The highest BCUT2D eigenvalue weighted by Gasteiger charge is 2.29. The van der Waals surface area contributed by atoms with Gasteiger partial charge in [0, 0.05) is 12.6 Å². The van der Waals surface area contributed by atoms with E-state index in [1.807, 2.05) is 13.8 Å². The zero-order chi connectivity index (χ0) is 9.35. The van der Waals surface area contributed by atoms with Crippen LogP contribution in [-0.2, 0) is 10.2 Å². The molecule has 0 amide bonds. The van der Waals surface area contributed by atoms with Crippen molar-refractivity contribution < 1.29 is 8.42 Å². The van der Waals surface area contributed by atoms with E-state index in [1.165, 1.54) is 4.31 Å². The maximum Gasteiger partial charge on any atom is 0.277 e. The van der Waals surface area contributed by atoms with Gasteiger partial charge in [-0.3, -0.25) is 0 Å². The van der Waals surface area contributed by atoms with Crippen LogP contribution >= 0.6 is 0 Å². The lowest BCUT2D eigenvalue weighted by Gasteiger charge is -2.34. The first kappa shape index (κ1) is 9.95. The highest BCUT2D eigenvalue weighted by atomic mass is 32.2. The van der Waals surface area contributed by atoms with Crippen molar-refractivity contribution in [1.82, 2.24) is 4.31 Å². The summed E-state index contributed by atoms with van der Waals surface area (Å²) in [6.45, 7) is 4.51. The molecule has 1 saturated heterocycles. The van der Waals surface area contributed by atoms with Crippen LogP contribution in [0.5, 0.6) is 0 Å². The Morgan fingerprint density at radius 2 is 1.92 bits per heavy atom. The molecule has 72 valence electrons. The number of hydrogen-bond donors (Lipinski definition) is 1. The third-order valence-corrected chi connectivity index (χ3v) is 3.55. The number of nitrogens with two attached hydrogens (primary N) is 1. The van der Waals surface area contributed by atoms with Crippen molar-refractivity contribution in [3.63, 3.8) is 0 Å². The van der Waals surface area contributed by atoms with Crippen LogP contribution in [0.3, 0.4) is 0 Å². The van der Waals surface area contributed by atoms with E-state index in [4.69, 9.17) is 5.14 Å². The molecule has 5 heteroatoms. The molecule has 12 heavy (non-hydrogen) atoms. The smallest absolute Gasteiger partial charge is 0.216 e. The molecule has 1 aliphatic heterocycles. The Hall–Kier alpha value is -0.130. The molecule has 0 aromatic rings. The second-order valence-electron chi connectivity index (χ2n) is 3.65. The zero-order valence-electron chi connectivity index (χ0n) is 7.53. The first-order valence-electron chi connectivity index (χ1n) is 4.21. The average Bonchev–Trinajstić information content (AvgIpc) is 1.92. The Kier molecular flexibility index (Phi) is 2.75. The van der Waals surface area contributed by atoms with Gasteiger partial charge in [0.05, 0.1) is 0 Å². The van der Waals surface area contributed by atoms with E-state index in [0.29, 0.717) is 12.5 Å². The maximum atomic E-state index is 11.0. The lowest BCUT2D eigenvalue weighted by molar-refractivity contribution is 0.218. The summed E-state index contributed by atoms with van der Waals surface area (Å²) in [6.07, 6.45) is 2.00. The van der Waals surface area contributed by atoms with Gasteiger partial charge in [-0.1, -0.05) is 6.92 Å². The molecule has 1 rings (SSSR count). The largest absolute Gasteiger partial charge is 0.277 e. The van der Waals surface area contributed by atoms with E-state index >= 15 is 0 Å². The van der Waals surface area contributed by atoms with Gasteiger partial charge < -0.3 is 0 Å². The summed E-state index contributed by atoms with van der Waals surface area (Å²) in [6, 6.07) is 0.0659. The highest BCUT2D eigenvalue weighted by Crippen LogP contribution is 2.22. The first-order valence-corrected chi connectivity index (χ1v) is 5.71. The molecular weight excluding hydrogens is 176 g/mol. The van der Waals surface area contributed by atoms with Gasteiger partial charge in [0.25, 0.3) is 10.2 Å². The molecule has 2 atom stereocenters. The van der Waals surface area contributed by atoms with Crippen molar-refractivity contribution in [2.24, 2.45) is 11.1 Å². The molecule has 0 radical (unpaired) electrons. The monoisotopic (exact) mass is 192 g/mol. The number of hydrogen-bond acceptors (Lipinski definition) is 2. The summed E-state index contributed by atoms with van der Waals surface area (Å²) in [4.78, 5) is 0. The summed E-state index contributed by atoms with van der Waals surface area (Å²) in [5.74, 6) is 0.430. The Morgan fingerprint density at radius 1 is 1.33 bits per heavy atom. The van der Waals surface area contributed by atoms with Crippen molar-refractivity contribution in [2.75, 3.05) is 6.54 Å². The first-order chi connectivity index (χ1) is 5.41. The second-order valence-corrected chi connectivity index (χ2v) is 5.15. The van der Waals surface area contributed by atoms with Crippen molar-refractivity contribution >= 4 is 10.2 Å². The lowest BCUT2D eigenvalue weighted by atomic mass is 9.97. The summed E-state index contributed by atoms with van der Waals surface area (Å²) in [5, 5.41) is 5.06. The number of nitrogens with zero attached hydrogens (tertiary/aromatic N) is 1. The van der Waals surface area contributed by atoms with E-state index < -0.39 is 10.2 Å². The Labute approximate surface area is 73.9 Å². The molecular formula is C7H16N2O2S. The predicted molar refractivity (Wildman–Crippen MR) is 47.7 cm³/mol. The van der Waals surface area contributed by atoms with Crippen LogP contribution < -0.4 is 5.14 Å². The highest BCUT2D eigenvalue weighted by molar-refractivity contribution is 7.86. The van der Waals surface area contributed by atoms with Gasteiger partial charge in [-0.05, 0) is 25.7 Å². The van der Waals surface area contributed by atoms with Gasteiger partial charge in [0.15, 0.2) is 0 Å². The van der Waals surface area contributed by atoms with Gasteiger partial charge in [-0.2, -0.15) is 12.7 Å². The summed E-state index contributed by atoms with van der Waals surface area (Å²) in [5.41, 5.74) is 0. The Bertz CT molecular complexity index is 250. The minimum atomic E-state index is -3.47. The summed E-state index contributed by atoms with van der Waals surface area (Å²) < 4.78 is 23.5. The molecule has 0 aliphatic carbocycles. The molecule has 0 saturated carbocycles. The normalized spacial score (nSPS) is 33.6. The third-order valence-electron chi connectivity index (χ3n) is 2.39. The van der Waals surface area contributed by atoms with Gasteiger partial charge >= 0.3 is 0 Å². The van der Waals surface area contributed by atoms with E-state index in [2.05, 4.69) is 0 Å². The van der Waals surface area contributed by atoms with Crippen LogP contribution in [0.4, 0.5) is 0 Å². The molecule has 2 N–H and O–H groups in total. The second kappa shape index (κ2) is 3.32. The molecule has 0 aromatic carbocycles. The van der Waals surface area contributed by atoms with Gasteiger partial charge in [-0.25, -0.2) is 5.14 Å². The zero-order valence-corrected chi connectivity index (χ0v) is 8.34. The van der Waals surface area contributed by atoms with Crippen molar-refractivity contribution in [3.8, 4) is 0 Å². The van der Waals surface area contributed by atoms with Gasteiger partial charge in [0.1, 0.15) is 0 Å². The molecule has 4 nitrogen and oxygen atoms in total. The number of rotatable bonds is 1. The summed E-state index contributed by atoms with van der Waals surface area (Å²) in [7, 11) is -3.47. The fourth-order valence-electron chi connectivity index (χ4n) is 1.60. The molecule has 1 aliphatic rings. The van der Waals surface area contributed by atoms with Crippen LogP contribution in [0, 0.1) is 5.92 Å². The van der Waals surface area contributed by atoms with Crippen molar-refractivity contribution in [3.05, 3.63) is 0 Å². The van der Waals surface area contributed by atoms with Crippen LogP contribution in [-0.4, -0.2) is 25.3 Å². The standard InChI is InChI=1S/C7H16N2O2S/c1-6-3-4-7(2)9(5-6)12(8,10)11/h6-7H,3-5H2,1-2H3,(H2,8,10,11)/t6-,7-/m1/s1. The van der Waals surface area contributed by atoms with Crippen LogP contribution in [0.1, 0.15) is 26.7 Å². The Balaban J connectivity index is 2.74. The minimum Gasteiger partial charge on any atom is -0.216 e. The van der Waals surface area contributed by atoms with Crippen LogP contribution in [0.15, 0.2) is 0 Å². The van der Waals surface area contributed by atoms with Crippen LogP contribution in [0.2, 0.25) is 0 Å². The fourth-order valence-corrected chi connectivity index (χ4v) is 2.67.